The predicted molar refractivity (Wildman–Crippen MR) is 99.9 cm³/mol. The highest BCUT2D eigenvalue weighted by atomic mass is 35.5. The molecule has 136 valence electrons. The van der Waals surface area contributed by atoms with Gasteiger partial charge in [0.1, 0.15) is 17.5 Å². The molecule has 0 aliphatic heterocycles. The summed E-state index contributed by atoms with van der Waals surface area (Å²) >= 11 is 5.79. The Kier molecular flexibility index (Phi) is 8.86. The van der Waals surface area contributed by atoms with Crippen LogP contribution in [0.3, 0.4) is 0 Å². The van der Waals surface area contributed by atoms with E-state index >= 15 is 0 Å². The summed E-state index contributed by atoms with van der Waals surface area (Å²) in [4.78, 5) is 8.63. The molecule has 2 rings (SSSR count). The van der Waals surface area contributed by atoms with Crippen molar-refractivity contribution in [3.63, 3.8) is 0 Å². The van der Waals surface area contributed by atoms with Gasteiger partial charge in [-0.2, -0.15) is 0 Å². The van der Waals surface area contributed by atoms with Gasteiger partial charge < -0.3 is 19.8 Å². The van der Waals surface area contributed by atoms with E-state index in [1.807, 2.05) is 25.1 Å². The lowest BCUT2D eigenvalue weighted by Gasteiger charge is -2.11. The second kappa shape index (κ2) is 11.5. The molecule has 0 aromatic carbocycles. The minimum absolute atomic E-state index is 0.504. The van der Waals surface area contributed by atoms with Gasteiger partial charge in [0.2, 0.25) is 0 Å². The Hall–Kier alpha value is -2.05. The average molecular weight is 365 g/mol. The number of aromatic nitrogens is 1. The van der Waals surface area contributed by atoms with E-state index in [1.165, 1.54) is 0 Å². The number of guanidine groups is 1. The molecule has 0 aliphatic rings. The molecule has 2 aromatic rings. The molecule has 0 bridgehead atoms. The Morgan fingerprint density at radius 1 is 1.32 bits per heavy atom. The first-order valence-corrected chi connectivity index (χ1v) is 8.88. The van der Waals surface area contributed by atoms with Crippen molar-refractivity contribution in [1.82, 2.24) is 15.6 Å². The monoisotopic (exact) mass is 364 g/mol. The number of nitrogens with one attached hydrogen (secondary N) is 2. The number of ether oxygens (including phenoxy) is 1. The van der Waals surface area contributed by atoms with Crippen LogP contribution < -0.4 is 10.6 Å². The average Bonchev–Trinajstić information content (AvgIpc) is 3.13. The van der Waals surface area contributed by atoms with Gasteiger partial charge in [-0.1, -0.05) is 17.7 Å². The molecule has 0 unspecified atom stereocenters. The van der Waals surface area contributed by atoms with E-state index < -0.39 is 0 Å². The largest absolute Gasteiger partial charge is 0.467 e. The highest BCUT2D eigenvalue weighted by molar-refractivity contribution is 6.29. The van der Waals surface area contributed by atoms with Gasteiger partial charge in [-0.05, 0) is 43.5 Å². The molecule has 6 nitrogen and oxygen atoms in total. The van der Waals surface area contributed by atoms with Crippen molar-refractivity contribution in [3.05, 3.63) is 53.2 Å². The fourth-order valence-corrected chi connectivity index (χ4v) is 2.26. The van der Waals surface area contributed by atoms with Crippen molar-refractivity contribution < 1.29 is 9.15 Å². The first-order valence-electron chi connectivity index (χ1n) is 8.50. The number of furan rings is 1. The number of halogens is 1. The topological polar surface area (TPSA) is 71.7 Å². The van der Waals surface area contributed by atoms with Crippen molar-refractivity contribution in [3.8, 4) is 0 Å². The van der Waals surface area contributed by atoms with Gasteiger partial charge in [0.25, 0.3) is 0 Å². The van der Waals surface area contributed by atoms with Gasteiger partial charge >= 0.3 is 0 Å². The van der Waals surface area contributed by atoms with E-state index in [4.69, 9.17) is 20.8 Å². The zero-order valence-corrected chi connectivity index (χ0v) is 15.3. The van der Waals surface area contributed by atoms with E-state index in [2.05, 4.69) is 20.6 Å². The van der Waals surface area contributed by atoms with Gasteiger partial charge in [0.15, 0.2) is 5.96 Å². The van der Waals surface area contributed by atoms with Crippen molar-refractivity contribution in [2.75, 3.05) is 26.2 Å². The van der Waals surface area contributed by atoms with E-state index in [0.717, 1.165) is 43.2 Å². The molecule has 2 heterocycles. The van der Waals surface area contributed by atoms with E-state index in [1.54, 1.807) is 18.5 Å². The summed E-state index contributed by atoms with van der Waals surface area (Å²) in [5.41, 5.74) is 1.14. The lowest BCUT2D eigenvalue weighted by Crippen LogP contribution is -2.38. The molecule has 0 saturated heterocycles. The molecule has 0 fully saturated rings. The lowest BCUT2D eigenvalue weighted by molar-refractivity contribution is 0.105. The van der Waals surface area contributed by atoms with Crippen LogP contribution in [0.5, 0.6) is 0 Å². The van der Waals surface area contributed by atoms with Gasteiger partial charge in [-0.15, -0.1) is 0 Å². The molecule has 7 heteroatoms. The minimum atomic E-state index is 0.504. The molecule has 0 spiro atoms. The standard InChI is InChI=1S/C18H25ClN4O2/c1-2-20-18(22-10-8-15-6-7-17(19)23-13-15)21-9-4-11-24-14-16-5-3-12-25-16/h3,5-7,12-13H,2,4,8-11,14H2,1H3,(H2,20,21,22). The van der Waals surface area contributed by atoms with E-state index in [0.29, 0.717) is 24.9 Å². The number of hydrogen-bond acceptors (Lipinski definition) is 4. The number of pyridine rings is 1. The van der Waals surface area contributed by atoms with Crippen LogP contribution in [0.1, 0.15) is 24.7 Å². The molecule has 0 aliphatic carbocycles. The third-order valence-electron chi connectivity index (χ3n) is 3.38. The first-order chi connectivity index (χ1) is 12.3. The van der Waals surface area contributed by atoms with Crippen LogP contribution in [-0.2, 0) is 17.8 Å². The second-order valence-corrected chi connectivity index (χ2v) is 5.80. The van der Waals surface area contributed by atoms with Crippen LogP contribution >= 0.6 is 11.6 Å². The minimum Gasteiger partial charge on any atom is -0.467 e. The van der Waals surface area contributed by atoms with E-state index in [-0.39, 0.29) is 0 Å². The van der Waals surface area contributed by atoms with E-state index in [9.17, 15) is 0 Å². The fraction of sp³-hybridized carbons (Fsp3) is 0.444. The zero-order chi connectivity index (χ0) is 17.7. The number of rotatable bonds is 10. The van der Waals surface area contributed by atoms with Crippen LogP contribution in [0.25, 0.3) is 0 Å². The highest BCUT2D eigenvalue weighted by Crippen LogP contribution is 2.05. The molecule has 0 radical (unpaired) electrons. The quantitative estimate of drug-likeness (QED) is 0.293. The Morgan fingerprint density at radius 3 is 2.96 bits per heavy atom. The number of hydrogen-bond donors (Lipinski definition) is 2. The van der Waals surface area contributed by atoms with Crippen molar-refractivity contribution in [2.24, 2.45) is 4.99 Å². The summed E-state index contributed by atoms with van der Waals surface area (Å²) in [5.74, 6) is 1.66. The predicted octanol–water partition coefficient (Wildman–Crippen LogP) is 3.03. The maximum Gasteiger partial charge on any atom is 0.191 e. The van der Waals surface area contributed by atoms with Gasteiger partial charge in [0.05, 0.1) is 6.26 Å². The molecular weight excluding hydrogens is 340 g/mol. The molecular formula is C18H25ClN4O2. The lowest BCUT2D eigenvalue weighted by atomic mass is 10.2. The summed E-state index contributed by atoms with van der Waals surface area (Å²) in [6.45, 7) is 5.51. The summed E-state index contributed by atoms with van der Waals surface area (Å²) in [5, 5.41) is 7.07. The first kappa shape index (κ1) is 19.3. The third-order valence-corrected chi connectivity index (χ3v) is 3.60. The normalized spacial score (nSPS) is 11.5. The van der Waals surface area contributed by atoms with Crippen LogP contribution in [0, 0.1) is 0 Å². The highest BCUT2D eigenvalue weighted by Gasteiger charge is 1.99. The van der Waals surface area contributed by atoms with Crippen molar-refractivity contribution >= 4 is 17.6 Å². The molecule has 2 aromatic heterocycles. The van der Waals surface area contributed by atoms with Crippen LogP contribution in [0.2, 0.25) is 5.15 Å². The SMILES string of the molecule is CCNC(=NCCCOCc1ccco1)NCCc1ccc(Cl)nc1. The molecule has 2 N–H and O–H groups in total. The Morgan fingerprint density at radius 2 is 2.24 bits per heavy atom. The molecule has 0 amide bonds. The Labute approximate surface area is 153 Å². The zero-order valence-electron chi connectivity index (χ0n) is 14.5. The van der Waals surface area contributed by atoms with Crippen LogP contribution in [0.4, 0.5) is 0 Å². The van der Waals surface area contributed by atoms with Crippen molar-refractivity contribution in [1.29, 1.82) is 0 Å². The van der Waals surface area contributed by atoms with Crippen molar-refractivity contribution in [2.45, 2.75) is 26.4 Å². The Bertz CT molecular complexity index is 615. The van der Waals surface area contributed by atoms with Gasteiger partial charge in [-0.25, -0.2) is 4.98 Å². The smallest absolute Gasteiger partial charge is 0.191 e. The molecule has 0 atom stereocenters. The maximum absolute atomic E-state index is 5.79. The molecule has 0 saturated carbocycles. The summed E-state index contributed by atoms with van der Waals surface area (Å²) in [6.07, 6.45) is 5.17. The number of nitrogens with zero attached hydrogens (tertiary/aromatic N) is 2. The third kappa shape index (κ3) is 8.05. The number of aliphatic imine (C=N–C) groups is 1. The summed E-state index contributed by atoms with van der Waals surface area (Å²) in [6, 6.07) is 7.55. The van der Waals surface area contributed by atoms with Gasteiger partial charge in [-0.3, -0.25) is 4.99 Å². The fourth-order valence-electron chi connectivity index (χ4n) is 2.15. The van der Waals surface area contributed by atoms with Crippen LogP contribution in [0.15, 0.2) is 46.1 Å². The van der Waals surface area contributed by atoms with Crippen LogP contribution in [-0.4, -0.2) is 37.2 Å². The maximum atomic E-state index is 5.79. The second-order valence-electron chi connectivity index (χ2n) is 5.41. The summed E-state index contributed by atoms with van der Waals surface area (Å²) < 4.78 is 10.8. The molecule has 25 heavy (non-hydrogen) atoms. The van der Waals surface area contributed by atoms with Gasteiger partial charge in [0, 0.05) is 32.4 Å². The summed E-state index contributed by atoms with van der Waals surface area (Å²) in [7, 11) is 0. The Balaban J connectivity index is 1.62.